The van der Waals surface area contributed by atoms with Crippen LogP contribution < -0.4 is 0 Å². The summed E-state index contributed by atoms with van der Waals surface area (Å²) in [4.78, 5) is 25.1. The van der Waals surface area contributed by atoms with Crippen LogP contribution in [0, 0.1) is 0 Å². The summed E-state index contributed by atoms with van der Waals surface area (Å²) >= 11 is 6.12. The monoisotopic (exact) mass is 333 g/mol. The quantitative estimate of drug-likeness (QED) is 0.931. The fourth-order valence-corrected chi connectivity index (χ4v) is 2.99. The van der Waals surface area contributed by atoms with Crippen LogP contribution in [0.5, 0.6) is 0 Å². The number of rotatable bonds is 4. The lowest BCUT2D eigenvalue weighted by molar-refractivity contribution is -0.141. The molecule has 1 fully saturated rings. The Morgan fingerprint density at radius 1 is 1.35 bits per heavy atom. The van der Waals surface area contributed by atoms with E-state index in [0.717, 1.165) is 5.56 Å². The van der Waals surface area contributed by atoms with E-state index in [1.807, 2.05) is 18.2 Å². The summed E-state index contributed by atoms with van der Waals surface area (Å²) in [6, 6.07) is 6.69. The predicted molar refractivity (Wildman–Crippen MR) is 84.5 cm³/mol. The Bertz CT molecular complexity index is 744. The first kappa shape index (κ1) is 15.6. The van der Waals surface area contributed by atoms with Crippen LogP contribution >= 0.6 is 11.6 Å². The molecule has 0 spiro atoms. The zero-order valence-corrected chi connectivity index (χ0v) is 13.1. The first-order chi connectivity index (χ1) is 11.1. The smallest absolute Gasteiger partial charge is 0.326 e. The molecule has 0 bridgehead atoms. The molecule has 1 amide bonds. The summed E-state index contributed by atoms with van der Waals surface area (Å²) in [7, 11) is 0. The molecule has 1 atom stereocenters. The van der Waals surface area contributed by atoms with Crippen molar-refractivity contribution in [2.24, 2.45) is 0 Å². The van der Waals surface area contributed by atoms with Crippen LogP contribution in [0.2, 0.25) is 5.02 Å². The molecule has 0 saturated carbocycles. The van der Waals surface area contributed by atoms with Crippen LogP contribution in [0.4, 0.5) is 0 Å². The molecule has 7 heteroatoms. The summed E-state index contributed by atoms with van der Waals surface area (Å²) in [5.74, 6) is -1.25. The maximum atomic E-state index is 12.5. The average Bonchev–Trinajstić information content (AvgIpc) is 3.18. The zero-order chi connectivity index (χ0) is 16.4. The van der Waals surface area contributed by atoms with Crippen molar-refractivity contribution in [2.45, 2.75) is 25.4 Å². The molecule has 3 rings (SSSR count). The van der Waals surface area contributed by atoms with Gasteiger partial charge in [-0.3, -0.25) is 9.48 Å². The normalized spacial score (nSPS) is 17.4. The maximum Gasteiger partial charge on any atom is 0.326 e. The third kappa shape index (κ3) is 3.22. The summed E-state index contributed by atoms with van der Waals surface area (Å²) in [5, 5.41) is 14.0. The standard InChI is InChI=1S/C16H16ClN3O3/c17-13-5-2-1-4-11(13)9-19-10-12(8-18-19)15(21)20-7-3-6-14(20)16(22)23/h1-2,4-5,8,10,14H,3,6-7,9H2,(H,22,23). The molecule has 23 heavy (non-hydrogen) atoms. The topological polar surface area (TPSA) is 75.4 Å². The minimum Gasteiger partial charge on any atom is -0.480 e. The van der Waals surface area contributed by atoms with Crippen molar-refractivity contribution in [3.63, 3.8) is 0 Å². The third-order valence-electron chi connectivity index (χ3n) is 3.97. The lowest BCUT2D eigenvalue weighted by atomic mass is 10.2. The van der Waals surface area contributed by atoms with Crippen LogP contribution in [0.15, 0.2) is 36.7 Å². The first-order valence-electron chi connectivity index (χ1n) is 7.36. The lowest BCUT2D eigenvalue weighted by Gasteiger charge is -2.20. The molecule has 1 unspecified atom stereocenters. The van der Waals surface area contributed by atoms with Crippen molar-refractivity contribution in [3.05, 3.63) is 52.8 Å². The lowest BCUT2D eigenvalue weighted by Crippen LogP contribution is -2.40. The number of aromatic nitrogens is 2. The van der Waals surface area contributed by atoms with Gasteiger partial charge in [-0.15, -0.1) is 0 Å². The van der Waals surface area contributed by atoms with Crippen molar-refractivity contribution in [1.29, 1.82) is 0 Å². The van der Waals surface area contributed by atoms with E-state index in [-0.39, 0.29) is 5.91 Å². The van der Waals surface area contributed by atoms with E-state index in [1.165, 1.54) is 11.1 Å². The van der Waals surface area contributed by atoms with Crippen LogP contribution in [0.25, 0.3) is 0 Å². The minimum atomic E-state index is -0.959. The van der Waals surface area contributed by atoms with E-state index < -0.39 is 12.0 Å². The summed E-state index contributed by atoms with van der Waals surface area (Å²) < 4.78 is 1.63. The van der Waals surface area contributed by atoms with Crippen molar-refractivity contribution < 1.29 is 14.7 Å². The van der Waals surface area contributed by atoms with Gasteiger partial charge in [0.2, 0.25) is 0 Å². The van der Waals surface area contributed by atoms with E-state index in [1.54, 1.807) is 16.9 Å². The van der Waals surface area contributed by atoms with Gasteiger partial charge in [0.15, 0.2) is 0 Å². The highest BCUT2D eigenvalue weighted by atomic mass is 35.5. The van der Waals surface area contributed by atoms with Crippen molar-refractivity contribution in [2.75, 3.05) is 6.54 Å². The molecule has 0 radical (unpaired) electrons. The molecular weight excluding hydrogens is 318 g/mol. The number of benzene rings is 1. The average molecular weight is 334 g/mol. The third-order valence-corrected chi connectivity index (χ3v) is 4.34. The summed E-state index contributed by atoms with van der Waals surface area (Å²) in [5.41, 5.74) is 1.30. The molecule has 1 saturated heterocycles. The van der Waals surface area contributed by atoms with Crippen LogP contribution in [-0.2, 0) is 11.3 Å². The fraction of sp³-hybridized carbons (Fsp3) is 0.312. The molecular formula is C16H16ClN3O3. The number of halogens is 1. The van der Waals surface area contributed by atoms with Gasteiger partial charge in [-0.1, -0.05) is 29.8 Å². The number of hydrogen-bond acceptors (Lipinski definition) is 3. The molecule has 1 N–H and O–H groups in total. The van der Waals surface area contributed by atoms with Crippen LogP contribution in [0.1, 0.15) is 28.8 Å². The highest BCUT2D eigenvalue weighted by molar-refractivity contribution is 6.31. The van der Waals surface area contributed by atoms with Gasteiger partial charge in [-0.2, -0.15) is 5.10 Å². The summed E-state index contributed by atoms with van der Waals surface area (Å²) in [6.07, 6.45) is 4.30. The molecule has 1 aliphatic heterocycles. The van der Waals surface area contributed by atoms with Crippen molar-refractivity contribution >= 4 is 23.5 Å². The largest absolute Gasteiger partial charge is 0.480 e. The Balaban J connectivity index is 1.75. The van der Waals surface area contributed by atoms with E-state index in [4.69, 9.17) is 11.6 Å². The van der Waals surface area contributed by atoms with Crippen LogP contribution in [-0.4, -0.2) is 44.3 Å². The molecule has 1 aromatic heterocycles. The number of carbonyl (C=O) groups is 2. The van der Waals surface area contributed by atoms with Gasteiger partial charge in [0.05, 0.1) is 18.3 Å². The highest BCUT2D eigenvalue weighted by Gasteiger charge is 2.34. The van der Waals surface area contributed by atoms with Gasteiger partial charge >= 0.3 is 5.97 Å². The van der Waals surface area contributed by atoms with E-state index in [9.17, 15) is 14.7 Å². The molecule has 1 aromatic carbocycles. The Kier molecular flexibility index (Phi) is 4.34. The number of carboxylic acid groups (broad SMARTS) is 1. The van der Waals surface area contributed by atoms with Gasteiger partial charge in [0.25, 0.3) is 5.91 Å². The Morgan fingerprint density at radius 2 is 2.13 bits per heavy atom. The second kappa shape index (κ2) is 6.42. The molecule has 2 aromatic rings. The molecule has 6 nitrogen and oxygen atoms in total. The number of aliphatic carboxylic acids is 1. The van der Waals surface area contributed by atoms with Crippen LogP contribution in [0.3, 0.4) is 0 Å². The Hall–Kier alpha value is -2.34. The first-order valence-corrected chi connectivity index (χ1v) is 7.73. The molecule has 1 aliphatic rings. The number of amides is 1. The van der Waals surface area contributed by atoms with Crippen molar-refractivity contribution in [3.8, 4) is 0 Å². The Morgan fingerprint density at radius 3 is 2.87 bits per heavy atom. The van der Waals surface area contributed by atoms with E-state index in [2.05, 4.69) is 5.10 Å². The van der Waals surface area contributed by atoms with Gasteiger partial charge in [-0.25, -0.2) is 4.79 Å². The SMILES string of the molecule is O=C(O)C1CCCN1C(=O)c1cnn(Cc2ccccc2Cl)c1. The number of carbonyl (C=O) groups excluding carboxylic acids is 1. The Labute approximate surface area is 138 Å². The highest BCUT2D eigenvalue weighted by Crippen LogP contribution is 2.21. The second-order valence-corrected chi connectivity index (χ2v) is 5.92. The maximum absolute atomic E-state index is 12.5. The number of hydrogen-bond donors (Lipinski definition) is 1. The molecule has 2 heterocycles. The van der Waals surface area contributed by atoms with Gasteiger partial charge in [-0.05, 0) is 24.5 Å². The second-order valence-electron chi connectivity index (χ2n) is 5.51. The molecule has 120 valence electrons. The number of nitrogens with zero attached hydrogens (tertiary/aromatic N) is 3. The molecule has 0 aliphatic carbocycles. The van der Waals surface area contributed by atoms with Gasteiger partial charge in [0.1, 0.15) is 6.04 Å². The number of likely N-dealkylation sites (tertiary alicyclic amines) is 1. The van der Waals surface area contributed by atoms with Gasteiger partial charge < -0.3 is 10.0 Å². The summed E-state index contributed by atoms with van der Waals surface area (Å²) in [6.45, 7) is 0.917. The fourth-order valence-electron chi connectivity index (χ4n) is 2.79. The minimum absolute atomic E-state index is 0.291. The van der Waals surface area contributed by atoms with Gasteiger partial charge in [0, 0.05) is 17.8 Å². The van der Waals surface area contributed by atoms with E-state index in [0.29, 0.717) is 36.5 Å². The van der Waals surface area contributed by atoms with Crippen molar-refractivity contribution in [1.82, 2.24) is 14.7 Å². The zero-order valence-electron chi connectivity index (χ0n) is 12.4. The van der Waals surface area contributed by atoms with E-state index >= 15 is 0 Å². The number of carboxylic acids is 1. The predicted octanol–water partition coefficient (Wildman–Crippen LogP) is 2.27.